The molecule has 23 heavy (non-hydrogen) atoms. The van der Waals surface area contributed by atoms with Crippen LogP contribution in [0, 0.1) is 0 Å². The lowest BCUT2D eigenvalue weighted by Crippen LogP contribution is -2.34. The minimum absolute atomic E-state index is 0.0938. The van der Waals surface area contributed by atoms with E-state index in [1.807, 2.05) is 29.0 Å². The Bertz CT molecular complexity index is 654. The Morgan fingerprint density at radius 3 is 2.74 bits per heavy atom. The van der Waals surface area contributed by atoms with Crippen molar-refractivity contribution in [2.45, 2.75) is 25.5 Å². The Morgan fingerprint density at radius 2 is 2.09 bits per heavy atom. The first-order valence-corrected chi connectivity index (χ1v) is 9.09. The number of carbonyl (C=O) groups is 2. The van der Waals surface area contributed by atoms with Crippen molar-refractivity contribution in [3.05, 3.63) is 17.5 Å². The van der Waals surface area contributed by atoms with Gasteiger partial charge in [-0.15, -0.1) is 21.5 Å². The van der Waals surface area contributed by atoms with Crippen molar-refractivity contribution in [2.24, 2.45) is 0 Å². The predicted molar refractivity (Wildman–Crippen MR) is 91.4 cm³/mol. The first-order chi connectivity index (χ1) is 11.1. The smallest absolute Gasteiger partial charge is 0.230 e. The van der Waals surface area contributed by atoms with E-state index >= 15 is 0 Å². The zero-order chi connectivity index (χ0) is 16.7. The Balaban J connectivity index is 1.86. The fourth-order valence-electron chi connectivity index (χ4n) is 1.89. The van der Waals surface area contributed by atoms with Crippen molar-refractivity contribution in [2.75, 3.05) is 18.8 Å². The molecule has 2 rings (SSSR count). The number of nitrogens with one attached hydrogen (secondary N) is 2. The number of carbonyl (C=O) groups excluding carboxylic acids is 2. The summed E-state index contributed by atoms with van der Waals surface area (Å²) >= 11 is 2.97. The first-order valence-electron chi connectivity index (χ1n) is 7.22. The molecular weight excluding hydrogens is 334 g/mol. The molecule has 0 unspecified atom stereocenters. The SMILES string of the molecule is CCn1c(SCC(=O)NCCNC(C)=O)nnc1-c1cccs1. The lowest BCUT2D eigenvalue weighted by molar-refractivity contribution is -0.120. The fourth-order valence-corrected chi connectivity index (χ4v) is 3.44. The van der Waals surface area contributed by atoms with E-state index in [1.165, 1.54) is 18.7 Å². The molecule has 0 aliphatic carbocycles. The maximum absolute atomic E-state index is 11.8. The minimum Gasteiger partial charge on any atom is -0.355 e. The van der Waals surface area contributed by atoms with Crippen LogP contribution in [0.2, 0.25) is 0 Å². The third-order valence-electron chi connectivity index (χ3n) is 2.93. The fraction of sp³-hybridized carbons (Fsp3) is 0.429. The van der Waals surface area contributed by atoms with Crippen LogP contribution in [-0.2, 0) is 16.1 Å². The molecule has 0 aromatic carbocycles. The molecule has 0 aliphatic rings. The van der Waals surface area contributed by atoms with Gasteiger partial charge in [-0.25, -0.2) is 0 Å². The quantitative estimate of drug-likeness (QED) is 0.553. The molecule has 9 heteroatoms. The molecule has 2 aromatic heterocycles. The van der Waals surface area contributed by atoms with E-state index in [-0.39, 0.29) is 17.6 Å². The molecule has 2 amide bonds. The van der Waals surface area contributed by atoms with Crippen molar-refractivity contribution in [1.82, 2.24) is 25.4 Å². The number of aromatic nitrogens is 3. The van der Waals surface area contributed by atoms with Crippen LogP contribution in [0.25, 0.3) is 10.7 Å². The number of rotatable bonds is 8. The van der Waals surface area contributed by atoms with Gasteiger partial charge in [0.25, 0.3) is 0 Å². The van der Waals surface area contributed by atoms with Gasteiger partial charge in [-0.3, -0.25) is 9.59 Å². The summed E-state index contributed by atoms with van der Waals surface area (Å²) in [7, 11) is 0. The maximum atomic E-state index is 11.8. The molecule has 124 valence electrons. The monoisotopic (exact) mass is 353 g/mol. The molecule has 0 aliphatic heterocycles. The van der Waals surface area contributed by atoms with Crippen LogP contribution in [0.4, 0.5) is 0 Å². The first kappa shape index (κ1) is 17.5. The predicted octanol–water partition coefficient (Wildman–Crippen LogP) is 1.37. The zero-order valence-electron chi connectivity index (χ0n) is 13.0. The Morgan fingerprint density at radius 1 is 1.30 bits per heavy atom. The van der Waals surface area contributed by atoms with Gasteiger partial charge in [0.15, 0.2) is 11.0 Å². The van der Waals surface area contributed by atoms with Crippen molar-refractivity contribution in [1.29, 1.82) is 0 Å². The van der Waals surface area contributed by atoms with E-state index in [1.54, 1.807) is 11.3 Å². The van der Waals surface area contributed by atoms with Gasteiger partial charge in [-0.1, -0.05) is 17.8 Å². The molecule has 0 atom stereocenters. The van der Waals surface area contributed by atoms with Gasteiger partial charge < -0.3 is 15.2 Å². The molecule has 0 radical (unpaired) electrons. The zero-order valence-corrected chi connectivity index (χ0v) is 14.7. The summed E-state index contributed by atoms with van der Waals surface area (Å²) in [4.78, 5) is 23.6. The highest BCUT2D eigenvalue weighted by Crippen LogP contribution is 2.26. The van der Waals surface area contributed by atoms with E-state index in [0.717, 1.165) is 22.4 Å². The molecule has 0 saturated heterocycles. The highest BCUT2D eigenvalue weighted by atomic mass is 32.2. The summed E-state index contributed by atoms with van der Waals surface area (Å²) in [5, 5.41) is 16.5. The van der Waals surface area contributed by atoms with Crippen molar-refractivity contribution in [3.63, 3.8) is 0 Å². The minimum atomic E-state index is -0.106. The molecule has 0 saturated carbocycles. The molecule has 2 heterocycles. The van der Waals surface area contributed by atoms with E-state index in [0.29, 0.717) is 13.1 Å². The largest absolute Gasteiger partial charge is 0.355 e. The van der Waals surface area contributed by atoms with Gasteiger partial charge in [-0.2, -0.15) is 0 Å². The second-order valence-electron chi connectivity index (χ2n) is 4.65. The summed E-state index contributed by atoms with van der Waals surface area (Å²) in [6.07, 6.45) is 0. The van der Waals surface area contributed by atoms with Crippen molar-refractivity contribution in [3.8, 4) is 10.7 Å². The number of nitrogens with zero attached hydrogens (tertiary/aromatic N) is 3. The second kappa shape index (κ2) is 8.68. The summed E-state index contributed by atoms with van der Waals surface area (Å²) in [5.74, 6) is 0.897. The summed E-state index contributed by atoms with van der Waals surface area (Å²) in [5.41, 5.74) is 0. The van der Waals surface area contributed by atoms with Gasteiger partial charge >= 0.3 is 0 Å². The van der Waals surface area contributed by atoms with E-state index in [4.69, 9.17) is 0 Å². The van der Waals surface area contributed by atoms with Crippen LogP contribution < -0.4 is 10.6 Å². The summed E-state index contributed by atoms with van der Waals surface area (Å²) < 4.78 is 2.00. The highest BCUT2D eigenvalue weighted by molar-refractivity contribution is 7.99. The van der Waals surface area contributed by atoms with E-state index in [2.05, 4.69) is 20.8 Å². The average molecular weight is 353 g/mol. The second-order valence-corrected chi connectivity index (χ2v) is 6.54. The third kappa shape index (κ3) is 5.07. The number of hydrogen-bond donors (Lipinski definition) is 2. The van der Waals surface area contributed by atoms with Crippen LogP contribution in [0.1, 0.15) is 13.8 Å². The number of thiophene rings is 1. The molecule has 0 fully saturated rings. The Hall–Kier alpha value is -1.87. The van der Waals surface area contributed by atoms with E-state index in [9.17, 15) is 9.59 Å². The summed E-state index contributed by atoms with van der Waals surface area (Å²) in [6, 6.07) is 3.98. The van der Waals surface area contributed by atoms with Crippen LogP contribution in [-0.4, -0.2) is 45.4 Å². The van der Waals surface area contributed by atoms with Crippen LogP contribution >= 0.6 is 23.1 Å². The molecule has 2 aromatic rings. The number of amides is 2. The number of thioether (sulfide) groups is 1. The normalized spacial score (nSPS) is 10.5. The lowest BCUT2D eigenvalue weighted by Gasteiger charge is -2.07. The van der Waals surface area contributed by atoms with Gasteiger partial charge in [0.2, 0.25) is 11.8 Å². The van der Waals surface area contributed by atoms with Crippen molar-refractivity contribution >= 4 is 34.9 Å². The molecular formula is C14H19N5O2S2. The molecule has 0 bridgehead atoms. The Labute approximate surface area is 142 Å². The molecule has 7 nitrogen and oxygen atoms in total. The van der Waals surface area contributed by atoms with E-state index < -0.39 is 0 Å². The van der Waals surface area contributed by atoms with Crippen LogP contribution in [0.15, 0.2) is 22.7 Å². The molecule has 2 N–H and O–H groups in total. The van der Waals surface area contributed by atoms with Crippen LogP contribution in [0.5, 0.6) is 0 Å². The standard InChI is InChI=1S/C14H19N5O2S2/c1-3-19-13(11-5-4-8-22-11)17-18-14(19)23-9-12(21)16-7-6-15-10(2)20/h4-5,8H,3,6-7,9H2,1-2H3,(H,15,20)(H,16,21). The van der Waals surface area contributed by atoms with Gasteiger partial charge in [0, 0.05) is 26.6 Å². The topological polar surface area (TPSA) is 88.9 Å². The summed E-state index contributed by atoms with van der Waals surface area (Å²) in [6.45, 7) is 5.06. The highest BCUT2D eigenvalue weighted by Gasteiger charge is 2.14. The number of hydrogen-bond acceptors (Lipinski definition) is 6. The van der Waals surface area contributed by atoms with Gasteiger partial charge in [0.05, 0.1) is 10.6 Å². The molecule has 0 spiro atoms. The van der Waals surface area contributed by atoms with Gasteiger partial charge in [0.1, 0.15) is 0 Å². The van der Waals surface area contributed by atoms with Crippen LogP contribution in [0.3, 0.4) is 0 Å². The average Bonchev–Trinajstić information content (AvgIpc) is 3.17. The Kier molecular flexibility index (Phi) is 6.60. The lowest BCUT2D eigenvalue weighted by atomic mass is 10.4. The third-order valence-corrected chi connectivity index (χ3v) is 4.76. The van der Waals surface area contributed by atoms with Crippen molar-refractivity contribution < 1.29 is 9.59 Å². The van der Waals surface area contributed by atoms with Gasteiger partial charge in [-0.05, 0) is 18.4 Å². The maximum Gasteiger partial charge on any atom is 0.230 e.